The second-order valence-corrected chi connectivity index (χ2v) is 10.6. The van der Waals surface area contributed by atoms with Crippen LogP contribution in [-0.2, 0) is 9.53 Å². The molecular formula is C23H34O5. The highest BCUT2D eigenvalue weighted by Crippen LogP contribution is 2.75. The molecule has 5 nitrogen and oxygen atoms in total. The number of carbonyl (C=O) groups excluding carboxylic acids is 1. The summed E-state index contributed by atoms with van der Waals surface area (Å²) in [5, 5.41) is 32.1. The molecule has 3 N–H and O–H groups in total. The Balaban J connectivity index is 1.66. The van der Waals surface area contributed by atoms with Gasteiger partial charge >= 0.3 is 5.97 Å². The van der Waals surface area contributed by atoms with Crippen molar-refractivity contribution in [3.05, 3.63) is 23.8 Å². The van der Waals surface area contributed by atoms with Gasteiger partial charge in [-0.25, -0.2) is 4.79 Å². The topological polar surface area (TPSA) is 87.0 Å². The summed E-state index contributed by atoms with van der Waals surface area (Å²) in [6.45, 7) is 10.9. The number of ether oxygens (including phenoxy) is 1. The normalized spacial score (nSPS) is 48.6. The van der Waals surface area contributed by atoms with Crippen molar-refractivity contribution >= 4 is 5.97 Å². The molecule has 4 aliphatic rings. The fourth-order valence-electron chi connectivity index (χ4n) is 7.56. The van der Waals surface area contributed by atoms with Gasteiger partial charge in [0.1, 0.15) is 12.7 Å². The summed E-state index contributed by atoms with van der Waals surface area (Å²) in [6, 6.07) is 0. The second-order valence-electron chi connectivity index (χ2n) is 10.6. The van der Waals surface area contributed by atoms with E-state index in [1.807, 2.05) is 6.08 Å². The van der Waals surface area contributed by atoms with Crippen molar-refractivity contribution in [3.8, 4) is 0 Å². The molecular weight excluding hydrogens is 356 g/mol. The quantitative estimate of drug-likeness (QED) is 0.392. The summed E-state index contributed by atoms with van der Waals surface area (Å²) in [7, 11) is 0. The molecule has 3 aliphatic carbocycles. The van der Waals surface area contributed by atoms with E-state index in [0.29, 0.717) is 18.4 Å². The van der Waals surface area contributed by atoms with E-state index in [0.717, 1.165) is 25.7 Å². The van der Waals surface area contributed by atoms with E-state index in [9.17, 15) is 20.1 Å². The predicted molar refractivity (Wildman–Crippen MR) is 105 cm³/mol. The molecule has 1 heterocycles. The molecule has 0 amide bonds. The van der Waals surface area contributed by atoms with E-state index in [2.05, 4.69) is 27.4 Å². The molecule has 4 fully saturated rings. The minimum absolute atomic E-state index is 0.0124. The average Bonchev–Trinajstić information content (AvgIpc) is 2.95. The molecule has 0 bridgehead atoms. The summed E-state index contributed by atoms with van der Waals surface area (Å²) in [4.78, 5) is 11.9. The maximum absolute atomic E-state index is 11.9. The molecule has 0 unspecified atom stereocenters. The zero-order valence-electron chi connectivity index (χ0n) is 17.3. The summed E-state index contributed by atoms with van der Waals surface area (Å²) >= 11 is 0. The van der Waals surface area contributed by atoms with Crippen molar-refractivity contribution < 1.29 is 24.9 Å². The molecule has 1 aliphatic heterocycles. The summed E-state index contributed by atoms with van der Waals surface area (Å²) in [6.07, 6.45) is 5.82. The van der Waals surface area contributed by atoms with Gasteiger partial charge in [-0.15, -0.1) is 0 Å². The molecule has 6 atom stereocenters. The Morgan fingerprint density at radius 1 is 1.29 bits per heavy atom. The van der Waals surface area contributed by atoms with Crippen LogP contribution >= 0.6 is 0 Å². The van der Waals surface area contributed by atoms with E-state index in [1.54, 1.807) is 0 Å². The van der Waals surface area contributed by atoms with Gasteiger partial charge in [-0.1, -0.05) is 39.0 Å². The van der Waals surface area contributed by atoms with E-state index in [4.69, 9.17) is 4.74 Å². The Morgan fingerprint density at radius 2 is 2.00 bits per heavy atom. The zero-order valence-corrected chi connectivity index (χ0v) is 17.3. The van der Waals surface area contributed by atoms with Crippen molar-refractivity contribution in [2.24, 2.45) is 28.1 Å². The number of esters is 1. The number of aliphatic hydroxyl groups is 3. The van der Waals surface area contributed by atoms with Gasteiger partial charge < -0.3 is 20.1 Å². The number of fused-ring (bicyclic) bond motifs is 3. The minimum Gasteiger partial charge on any atom is -0.459 e. The first-order valence-corrected chi connectivity index (χ1v) is 10.6. The highest BCUT2D eigenvalue weighted by Gasteiger charge is 2.76. The van der Waals surface area contributed by atoms with Gasteiger partial charge in [-0.05, 0) is 61.2 Å². The van der Waals surface area contributed by atoms with Crippen LogP contribution < -0.4 is 0 Å². The number of hydrogen-bond acceptors (Lipinski definition) is 5. The maximum Gasteiger partial charge on any atom is 0.336 e. The Labute approximate surface area is 167 Å². The van der Waals surface area contributed by atoms with Gasteiger partial charge in [0, 0.05) is 5.41 Å². The number of aliphatic hydroxyl groups excluding tert-OH is 2. The van der Waals surface area contributed by atoms with Crippen molar-refractivity contribution in [1.82, 2.24) is 0 Å². The number of allylic oxidation sites excluding steroid dienone is 2. The van der Waals surface area contributed by atoms with Gasteiger partial charge in [0.25, 0.3) is 0 Å². The lowest BCUT2D eigenvalue weighted by Gasteiger charge is -2.75. The van der Waals surface area contributed by atoms with E-state index in [-0.39, 0.29) is 35.9 Å². The van der Waals surface area contributed by atoms with Crippen LogP contribution in [0.3, 0.4) is 0 Å². The first-order valence-electron chi connectivity index (χ1n) is 10.6. The lowest BCUT2D eigenvalue weighted by molar-refractivity contribution is -0.339. The van der Waals surface area contributed by atoms with Crippen LogP contribution in [0.5, 0.6) is 0 Å². The Hall–Kier alpha value is -1.17. The van der Waals surface area contributed by atoms with Crippen molar-refractivity contribution in [2.75, 3.05) is 13.2 Å². The van der Waals surface area contributed by atoms with Crippen molar-refractivity contribution in [1.29, 1.82) is 0 Å². The van der Waals surface area contributed by atoms with Crippen molar-refractivity contribution in [3.63, 3.8) is 0 Å². The van der Waals surface area contributed by atoms with Crippen LogP contribution in [-0.4, -0.2) is 46.2 Å². The Kier molecular flexibility index (Phi) is 4.43. The smallest absolute Gasteiger partial charge is 0.336 e. The van der Waals surface area contributed by atoms with Crippen molar-refractivity contribution in [2.45, 2.75) is 71.0 Å². The Morgan fingerprint density at radius 3 is 2.57 bits per heavy atom. The van der Waals surface area contributed by atoms with Crippen LogP contribution in [0.4, 0.5) is 0 Å². The lowest BCUT2D eigenvalue weighted by Crippen LogP contribution is -2.77. The van der Waals surface area contributed by atoms with Crippen LogP contribution in [0, 0.1) is 28.1 Å². The fraction of sp³-hybridized carbons (Fsp3) is 0.783. The third-order valence-electron chi connectivity index (χ3n) is 9.05. The fourth-order valence-corrected chi connectivity index (χ4v) is 7.56. The largest absolute Gasteiger partial charge is 0.459 e. The third-order valence-corrected chi connectivity index (χ3v) is 9.05. The first-order chi connectivity index (χ1) is 13.0. The first kappa shape index (κ1) is 20.1. The minimum atomic E-state index is -0.847. The van der Waals surface area contributed by atoms with Crippen LogP contribution in [0.1, 0.15) is 59.3 Å². The number of rotatable bonds is 3. The number of cyclic esters (lactones) is 1. The molecule has 156 valence electrons. The predicted octanol–water partition coefficient (Wildman–Crippen LogP) is 2.74. The highest BCUT2D eigenvalue weighted by molar-refractivity contribution is 5.91. The van der Waals surface area contributed by atoms with Crippen LogP contribution in [0.15, 0.2) is 23.8 Å². The lowest BCUT2D eigenvalue weighted by atomic mass is 9.31. The zero-order chi connectivity index (χ0) is 20.5. The molecule has 28 heavy (non-hydrogen) atoms. The molecule has 3 saturated carbocycles. The molecule has 1 saturated heterocycles. The second kappa shape index (κ2) is 6.16. The van der Waals surface area contributed by atoms with E-state index >= 15 is 0 Å². The van der Waals surface area contributed by atoms with E-state index < -0.39 is 23.1 Å². The molecule has 0 aromatic carbocycles. The highest BCUT2D eigenvalue weighted by atomic mass is 16.6. The monoisotopic (exact) mass is 390 g/mol. The van der Waals surface area contributed by atoms with Gasteiger partial charge in [0.15, 0.2) is 0 Å². The van der Waals surface area contributed by atoms with Gasteiger partial charge in [0.05, 0.1) is 17.8 Å². The molecule has 0 aromatic heterocycles. The van der Waals surface area contributed by atoms with Gasteiger partial charge in [-0.3, -0.25) is 0 Å². The molecule has 0 aromatic rings. The number of carbonyl (C=O) groups is 1. The van der Waals surface area contributed by atoms with Crippen LogP contribution in [0.25, 0.3) is 0 Å². The maximum atomic E-state index is 11.9. The molecule has 0 radical (unpaired) electrons. The molecule has 4 rings (SSSR count). The van der Waals surface area contributed by atoms with Gasteiger partial charge in [0.2, 0.25) is 0 Å². The summed E-state index contributed by atoms with van der Waals surface area (Å²) in [5.74, 6) is -0.0524. The Bertz CT molecular complexity index is 739. The van der Waals surface area contributed by atoms with Gasteiger partial charge in [-0.2, -0.15) is 0 Å². The molecule has 5 heteroatoms. The molecule has 0 spiro atoms. The standard InChI is InChI=1S/C23H34O5/c1-14-5-8-18-21(4,16(14)7-6-15-17(25)11-28-19(15)26)9-10-23(27)20(2,3)12-22(18,23)13-24/h6,16-18,24-25,27H,1,5,7-13H2,2-4H3/b15-6+/t16-,17-,18+,21+,22+,23+/m1/s1. The SMILES string of the molecule is C=C1CC[C@H]2[C@@](C)(CC[C@]3(O)C(C)(C)C[C@]23CO)[C@@H]1C/C=C1/C(=O)OC[C@H]1O. The summed E-state index contributed by atoms with van der Waals surface area (Å²) < 4.78 is 4.94. The summed E-state index contributed by atoms with van der Waals surface area (Å²) in [5.41, 5.74) is -0.0273. The van der Waals surface area contributed by atoms with Crippen LogP contribution in [0.2, 0.25) is 0 Å². The van der Waals surface area contributed by atoms with E-state index in [1.165, 1.54) is 5.57 Å². The third kappa shape index (κ3) is 2.33. The number of hydrogen-bond donors (Lipinski definition) is 3. The average molecular weight is 391 g/mol.